The molecule has 0 heterocycles. The van der Waals surface area contributed by atoms with Crippen LogP contribution in [0.5, 0.6) is 0 Å². The van der Waals surface area contributed by atoms with Gasteiger partial charge >= 0.3 is 5.97 Å². The fraction of sp³-hybridized carbons (Fsp3) is 0.818. The number of hydrogen-bond donors (Lipinski definition) is 2. The molecule has 2 N–H and O–H groups in total. The van der Waals surface area contributed by atoms with E-state index in [0.29, 0.717) is 25.9 Å². The minimum Gasteiger partial charge on any atom is -0.469 e. The molecule has 1 unspecified atom stereocenters. The Morgan fingerprint density at radius 2 is 1.88 bits per heavy atom. The van der Waals surface area contributed by atoms with Gasteiger partial charge in [0.05, 0.1) is 13.5 Å². The molecule has 0 aromatic rings. The molecule has 16 heavy (non-hydrogen) atoms. The van der Waals surface area contributed by atoms with Gasteiger partial charge < -0.3 is 15.4 Å². The summed E-state index contributed by atoms with van der Waals surface area (Å²) in [5.41, 5.74) is 0. The van der Waals surface area contributed by atoms with E-state index in [2.05, 4.69) is 15.4 Å². The van der Waals surface area contributed by atoms with Gasteiger partial charge in [-0.25, -0.2) is 0 Å². The molecule has 0 spiro atoms. The summed E-state index contributed by atoms with van der Waals surface area (Å²) < 4.78 is 4.49. The summed E-state index contributed by atoms with van der Waals surface area (Å²) in [5, 5.41) is 5.88. The molecule has 0 saturated carbocycles. The van der Waals surface area contributed by atoms with Gasteiger partial charge in [-0.05, 0) is 13.3 Å². The molecule has 0 bridgehead atoms. The maximum absolute atomic E-state index is 11.3. The Kier molecular flexibility index (Phi) is 8.52. The number of hydrogen-bond acceptors (Lipinski definition) is 4. The summed E-state index contributed by atoms with van der Waals surface area (Å²) in [6, 6.07) is 0.225. The van der Waals surface area contributed by atoms with Crippen molar-refractivity contribution >= 4 is 11.9 Å². The van der Waals surface area contributed by atoms with Gasteiger partial charge in [0, 0.05) is 25.6 Å². The van der Waals surface area contributed by atoms with E-state index in [1.54, 1.807) is 0 Å². The average Bonchev–Trinajstić information content (AvgIpc) is 2.27. The minimum atomic E-state index is -0.239. The van der Waals surface area contributed by atoms with Gasteiger partial charge in [-0.1, -0.05) is 6.92 Å². The SMILES string of the molecule is CCC(C)NC(=O)CCNCCC(=O)OC. The molecule has 0 aliphatic rings. The number of ether oxygens (including phenoxy) is 1. The third kappa shape index (κ3) is 8.23. The van der Waals surface area contributed by atoms with Crippen LogP contribution in [0.3, 0.4) is 0 Å². The molecule has 0 rings (SSSR count). The van der Waals surface area contributed by atoms with E-state index in [1.165, 1.54) is 7.11 Å². The Morgan fingerprint density at radius 3 is 2.44 bits per heavy atom. The Bertz CT molecular complexity index is 219. The minimum absolute atomic E-state index is 0.0416. The molecule has 0 radical (unpaired) electrons. The van der Waals surface area contributed by atoms with Crippen LogP contribution in [0.25, 0.3) is 0 Å². The molecule has 0 aliphatic carbocycles. The van der Waals surface area contributed by atoms with Gasteiger partial charge in [-0.15, -0.1) is 0 Å². The smallest absolute Gasteiger partial charge is 0.306 e. The molecule has 0 fully saturated rings. The zero-order chi connectivity index (χ0) is 12.4. The van der Waals surface area contributed by atoms with Crippen molar-refractivity contribution in [2.75, 3.05) is 20.2 Å². The summed E-state index contributed by atoms with van der Waals surface area (Å²) in [4.78, 5) is 22.1. The highest BCUT2D eigenvalue weighted by Crippen LogP contribution is 1.89. The lowest BCUT2D eigenvalue weighted by atomic mass is 10.2. The summed E-state index contributed by atoms with van der Waals surface area (Å²) in [5.74, 6) is -0.198. The highest BCUT2D eigenvalue weighted by atomic mass is 16.5. The van der Waals surface area contributed by atoms with Gasteiger partial charge in [0.1, 0.15) is 0 Å². The molecule has 0 saturated heterocycles. The maximum atomic E-state index is 11.3. The first-order chi connectivity index (χ1) is 7.60. The second kappa shape index (κ2) is 9.15. The number of amides is 1. The van der Waals surface area contributed by atoms with Gasteiger partial charge in [0.25, 0.3) is 0 Å². The quantitative estimate of drug-likeness (QED) is 0.469. The van der Waals surface area contributed by atoms with E-state index < -0.39 is 0 Å². The summed E-state index contributed by atoms with van der Waals surface area (Å²) >= 11 is 0. The number of carbonyl (C=O) groups excluding carboxylic acids is 2. The van der Waals surface area contributed by atoms with Crippen LogP contribution in [0, 0.1) is 0 Å². The molecule has 5 nitrogen and oxygen atoms in total. The first-order valence-electron chi connectivity index (χ1n) is 5.67. The third-order valence-electron chi connectivity index (χ3n) is 2.28. The molecule has 1 atom stereocenters. The number of nitrogens with one attached hydrogen (secondary N) is 2. The van der Waals surface area contributed by atoms with Gasteiger partial charge in [0.2, 0.25) is 5.91 Å². The Labute approximate surface area is 96.9 Å². The Morgan fingerprint density at radius 1 is 1.25 bits per heavy atom. The van der Waals surface area contributed by atoms with E-state index in [-0.39, 0.29) is 17.9 Å². The number of methoxy groups -OCH3 is 1. The number of carbonyl (C=O) groups is 2. The van der Waals surface area contributed by atoms with Crippen LogP contribution in [-0.4, -0.2) is 38.1 Å². The lowest BCUT2D eigenvalue weighted by Gasteiger charge is -2.11. The van der Waals surface area contributed by atoms with Gasteiger partial charge in [-0.2, -0.15) is 0 Å². The molecule has 0 aromatic heterocycles. The van der Waals surface area contributed by atoms with Crippen LogP contribution in [0.1, 0.15) is 33.1 Å². The Hall–Kier alpha value is -1.10. The number of rotatable bonds is 8. The molecule has 94 valence electrons. The van der Waals surface area contributed by atoms with E-state index in [4.69, 9.17) is 0 Å². The van der Waals surface area contributed by atoms with E-state index >= 15 is 0 Å². The fourth-order valence-electron chi connectivity index (χ4n) is 1.07. The predicted molar refractivity (Wildman–Crippen MR) is 62.0 cm³/mol. The maximum Gasteiger partial charge on any atom is 0.306 e. The summed E-state index contributed by atoms with van der Waals surface area (Å²) in [7, 11) is 1.36. The first-order valence-corrected chi connectivity index (χ1v) is 5.67. The lowest BCUT2D eigenvalue weighted by Crippen LogP contribution is -2.34. The normalized spacial score (nSPS) is 11.9. The van der Waals surface area contributed by atoms with Crippen molar-refractivity contribution in [3.63, 3.8) is 0 Å². The van der Waals surface area contributed by atoms with Crippen molar-refractivity contribution in [3.05, 3.63) is 0 Å². The van der Waals surface area contributed by atoms with Crippen molar-refractivity contribution in [1.29, 1.82) is 0 Å². The van der Waals surface area contributed by atoms with E-state index in [9.17, 15) is 9.59 Å². The molecular weight excluding hydrogens is 208 g/mol. The van der Waals surface area contributed by atoms with Crippen molar-refractivity contribution in [2.45, 2.75) is 39.2 Å². The fourth-order valence-corrected chi connectivity index (χ4v) is 1.07. The van der Waals surface area contributed by atoms with E-state index in [1.807, 2.05) is 13.8 Å². The van der Waals surface area contributed by atoms with Crippen LogP contribution < -0.4 is 10.6 Å². The highest BCUT2D eigenvalue weighted by Gasteiger charge is 2.04. The van der Waals surface area contributed by atoms with Crippen LogP contribution in [0.15, 0.2) is 0 Å². The topological polar surface area (TPSA) is 67.4 Å². The summed E-state index contributed by atoms with van der Waals surface area (Å²) in [6.07, 6.45) is 1.70. The average molecular weight is 230 g/mol. The summed E-state index contributed by atoms with van der Waals surface area (Å²) in [6.45, 7) is 5.13. The molecule has 0 aromatic carbocycles. The largest absolute Gasteiger partial charge is 0.469 e. The van der Waals surface area contributed by atoms with Crippen LogP contribution in [0.2, 0.25) is 0 Å². The van der Waals surface area contributed by atoms with Crippen LogP contribution in [0.4, 0.5) is 0 Å². The van der Waals surface area contributed by atoms with Crippen LogP contribution in [-0.2, 0) is 14.3 Å². The zero-order valence-electron chi connectivity index (χ0n) is 10.3. The number of esters is 1. The van der Waals surface area contributed by atoms with E-state index in [0.717, 1.165) is 6.42 Å². The van der Waals surface area contributed by atoms with Gasteiger partial charge in [0.15, 0.2) is 0 Å². The van der Waals surface area contributed by atoms with Crippen LogP contribution >= 0.6 is 0 Å². The molecule has 5 heteroatoms. The predicted octanol–water partition coefficient (Wildman–Crippen LogP) is 0.444. The van der Waals surface area contributed by atoms with Crippen molar-refractivity contribution in [3.8, 4) is 0 Å². The second-order valence-electron chi connectivity index (χ2n) is 3.70. The standard InChI is InChI=1S/C11H22N2O3/c1-4-9(2)13-10(14)5-7-12-8-6-11(15)16-3/h9,12H,4-8H2,1-3H3,(H,13,14). The molecular formula is C11H22N2O3. The zero-order valence-corrected chi connectivity index (χ0v) is 10.3. The highest BCUT2D eigenvalue weighted by molar-refractivity contribution is 5.76. The third-order valence-corrected chi connectivity index (χ3v) is 2.28. The molecule has 1 amide bonds. The van der Waals surface area contributed by atoms with Crippen molar-refractivity contribution < 1.29 is 14.3 Å². The second-order valence-corrected chi connectivity index (χ2v) is 3.70. The monoisotopic (exact) mass is 230 g/mol. The lowest BCUT2D eigenvalue weighted by molar-refractivity contribution is -0.140. The van der Waals surface area contributed by atoms with Crippen molar-refractivity contribution in [2.24, 2.45) is 0 Å². The van der Waals surface area contributed by atoms with Crippen molar-refractivity contribution in [1.82, 2.24) is 10.6 Å². The molecule has 0 aliphatic heterocycles. The van der Waals surface area contributed by atoms with Gasteiger partial charge in [-0.3, -0.25) is 9.59 Å². The first kappa shape index (κ1) is 14.9. The Balaban J connectivity index is 3.38.